The van der Waals surface area contributed by atoms with Crippen LogP contribution >= 0.6 is 11.3 Å². The van der Waals surface area contributed by atoms with Gasteiger partial charge in [0.15, 0.2) is 5.01 Å². The molecule has 0 aliphatic rings. The summed E-state index contributed by atoms with van der Waals surface area (Å²) in [5.41, 5.74) is 6.99. The lowest BCUT2D eigenvalue weighted by Gasteiger charge is -2.09. The van der Waals surface area contributed by atoms with E-state index in [-0.39, 0.29) is 11.4 Å². The number of amides is 2. The van der Waals surface area contributed by atoms with Crippen LogP contribution in [0.25, 0.3) is 15.9 Å². The number of hydrogen-bond donors (Lipinski definition) is 2. The van der Waals surface area contributed by atoms with Crippen LogP contribution in [-0.4, -0.2) is 26.6 Å². The van der Waals surface area contributed by atoms with Gasteiger partial charge in [0, 0.05) is 0 Å². The summed E-state index contributed by atoms with van der Waals surface area (Å²) >= 11 is 1.27. The largest absolute Gasteiger partial charge is 0.365 e. The van der Waals surface area contributed by atoms with E-state index in [9.17, 15) is 9.59 Å². The number of hydrogen-bond acceptors (Lipinski definition) is 5. The van der Waals surface area contributed by atoms with Crippen LogP contribution in [0.3, 0.4) is 0 Å². The fraction of sp³-hybridized carbons (Fsp3) is 0. The van der Waals surface area contributed by atoms with Gasteiger partial charge in [-0.2, -0.15) is 5.10 Å². The summed E-state index contributed by atoms with van der Waals surface area (Å²) in [6.07, 6.45) is 1.34. The van der Waals surface area contributed by atoms with Crippen molar-refractivity contribution in [2.24, 2.45) is 5.73 Å². The van der Waals surface area contributed by atoms with Crippen molar-refractivity contribution in [1.82, 2.24) is 14.8 Å². The molecule has 2 aromatic carbocycles. The number of fused-ring (bicyclic) bond motifs is 1. The molecule has 3 N–H and O–H groups in total. The second-order valence-corrected chi connectivity index (χ2v) is 6.49. The summed E-state index contributed by atoms with van der Waals surface area (Å²) < 4.78 is 2.37. The maximum atomic E-state index is 12.7. The number of para-hydroxylation sites is 2. The molecule has 0 fully saturated rings. The SMILES string of the molecule is NC(=O)c1cnn(-c2ccccc2)c1NC(=O)c1nc2ccccc2s1. The third-order valence-corrected chi connectivity index (χ3v) is 4.79. The first-order valence-electron chi connectivity index (χ1n) is 7.73. The molecule has 0 bridgehead atoms. The Morgan fingerprint density at radius 2 is 1.77 bits per heavy atom. The van der Waals surface area contributed by atoms with Gasteiger partial charge in [0.2, 0.25) is 0 Å². The fourth-order valence-corrected chi connectivity index (χ4v) is 3.41. The number of nitrogens with one attached hydrogen (secondary N) is 1. The zero-order valence-corrected chi connectivity index (χ0v) is 14.2. The topological polar surface area (TPSA) is 103 Å². The van der Waals surface area contributed by atoms with Gasteiger partial charge < -0.3 is 11.1 Å². The smallest absolute Gasteiger partial charge is 0.285 e. The van der Waals surface area contributed by atoms with Crippen molar-refractivity contribution in [3.63, 3.8) is 0 Å². The van der Waals surface area contributed by atoms with Crippen LogP contribution in [0.4, 0.5) is 5.82 Å². The molecule has 0 aliphatic heterocycles. The van der Waals surface area contributed by atoms with Crippen LogP contribution in [0.1, 0.15) is 20.2 Å². The minimum absolute atomic E-state index is 0.128. The Morgan fingerprint density at radius 3 is 2.50 bits per heavy atom. The molecular formula is C18H13N5O2S. The van der Waals surface area contributed by atoms with Gasteiger partial charge in [-0.05, 0) is 24.3 Å². The number of carbonyl (C=O) groups excluding carboxylic acids is 2. The molecule has 128 valence electrons. The van der Waals surface area contributed by atoms with Crippen molar-refractivity contribution >= 4 is 39.2 Å². The van der Waals surface area contributed by atoms with E-state index in [4.69, 9.17) is 5.73 Å². The summed E-state index contributed by atoms with van der Waals surface area (Å²) in [6.45, 7) is 0. The van der Waals surface area contributed by atoms with E-state index in [0.29, 0.717) is 10.7 Å². The average Bonchev–Trinajstić information content (AvgIpc) is 3.26. The van der Waals surface area contributed by atoms with Crippen molar-refractivity contribution < 1.29 is 9.59 Å². The highest BCUT2D eigenvalue weighted by Crippen LogP contribution is 2.24. The first-order chi connectivity index (χ1) is 12.6. The highest BCUT2D eigenvalue weighted by Gasteiger charge is 2.21. The number of anilines is 1. The Labute approximate surface area is 152 Å². The summed E-state index contributed by atoms with van der Waals surface area (Å²) in [5.74, 6) is -0.883. The van der Waals surface area contributed by atoms with Gasteiger partial charge in [-0.3, -0.25) is 9.59 Å². The number of thiazole rings is 1. The average molecular weight is 363 g/mol. The van der Waals surface area contributed by atoms with E-state index in [2.05, 4.69) is 15.4 Å². The third-order valence-electron chi connectivity index (χ3n) is 3.76. The number of aromatic nitrogens is 3. The molecule has 4 rings (SSSR count). The number of benzene rings is 2. The lowest BCUT2D eigenvalue weighted by molar-refractivity contribution is 0.100. The molecule has 26 heavy (non-hydrogen) atoms. The number of rotatable bonds is 4. The van der Waals surface area contributed by atoms with Crippen molar-refractivity contribution in [3.05, 3.63) is 71.4 Å². The Balaban J connectivity index is 1.73. The van der Waals surface area contributed by atoms with E-state index < -0.39 is 11.8 Å². The summed E-state index contributed by atoms with van der Waals surface area (Å²) in [4.78, 5) is 28.7. The highest BCUT2D eigenvalue weighted by atomic mass is 32.1. The summed E-state index contributed by atoms with van der Waals surface area (Å²) in [5, 5.41) is 7.20. The molecule has 0 saturated carbocycles. The molecule has 0 aliphatic carbocycles. The first kappa shape index (κ1) is 16.0. The molecule has 0 spiro atoms. The van der Waals surface area contributed by atoms with Crippen molar-refractivity contribution in [1.29, 1.82) is 0 Å². The highest BCUT2D eigenvalue weighted by molar-refractivity contribution is 7.20. The zero-order valence-electron chi connectivity index (χ0n) is 13.4. The van der Waals surface area contributed by atoms with Crippen LogP contribution in [0.15, 0.2) is 60.8 Å². The number of nitrogens with zero attached hydrogens (tertiary/aromatic N) is 3. The van der Waals surface area contributed by atoms with Crippen LogP contribution in [0, 0.1) is 0 Å². The Hall–Kier alpha value is -3.52. The van der Waals surface area contributed by atoms with Crippen LogP contribution in [0.2, 0.25) is 0 Å². The predicted octanol–water partition coefficient (Wildman–Crippen LogP) is 2.83. The van der Waals surface area contributed by atoms with Gasteiger partial charge in [-0.25, -0.2) is 9.67 Å². The molecule has 2 aromatic heterocycles. The van der Waals surface area contributed by atoms with E-state index in [1.165, 1.54) is 22.2 Å². The maximum absolute atomic E-state index is 12.7. The molecule has 0 saturated heterocycles. The standard InChI is InChI=1S/C18H13N5O2S/c19-15(24)12-10-20-23(11-6-2-1-3-7-11)16(12)22-17(25)18-21-13-8-4-5-9-14(13)26-18/h1-10H,(H2,19,24)(H,22,25). The molecule has 4 aromatic rings. The minimum atomic E-state index is -0.674. The Bertz CT molecular complexity index is 1080. The molecule has 0 atom stereocenters. The first-order valence-corrected chi connectivity index (χ1v) is 8.55. The van der Waals surface area contributed by atoms with E-state index in [1.54, 1.807) is 0 Å². The number of carbonyl (C=O) groups is 2. The van der Waals surface area contributed by atoms with Crippen molar-refractivity contribution in [2.45, 2.75) is 0 Å². The Kier molecular flexibility index (Phi) is 3.94. The van der Waals surface area contributed by atoms with E-state index in [0.717, 1.165) is 10.2 Å². The van der Waals surface area contributed by atoms with Crippen molar-refractivity contribution in [3.8, 4) is 5.69 Å². The quantitative estimate of drug-likeness (QED) is 0.582. The van der Waals surface area contributed by atoms with Gasteiger partial charge >= 0.3 is 0 Å². The third kappa shape index (κ3) is 2.82. The van der Waals surface area contributed by atoms with Crippen LogP contribution in [0.5, 0.6) is 0 Å². The van der Waals surface area contributed by atoms with Crippen molar-refractivity contribution in [2.75, 3.05) is 5.32 Å². The maximum Gasteiger partial charge on any atom is 0.285 e. The molecule has 2 heterocycles. The fourth-order valence-electron chi connectivity index (χ4n) is 2.54. The Morgan fingerprint density at radius 1 is 1.04 bits per heavy atom. The van der Waals surface area contributed by atoms with Crippen LogP contribution < -0.4 is 11.1 Å². The molecule has 0 radical (unpaired) electrons. The normalized spacial score (nSPS) is 10.8. The molecule has 2 amide bonds. The second-order valence-electron chi connectivity index (χ2n) is 5.46. The van der Waals surface area contributed by atoms with Crippen LogP contribution in [-0.2, 0) is 0 Å². The van der Waals surface area contributed by atoms with E-state index in [1.807, 2.05) is 54.6 Å². The predicted molar refractivity (Wildman–Crippen MR) is 99.7 cm³/mol. The zero-order chi connectivity index (χ0) is 18.1. The summed E-state index contributed by atoms with van der Waals surface area (Å²) in [6, 6.07) is 16.6. The van der Waals surface area contributed by atoms with Gasteiger partial charge in [0.25, 0.3) is 11.8 Å². The second kappa shape index (κ2) is 6.41. The van der Waals surface area contributed by atoms with Gasteiger partial charge in [-0.1, -0.05) is 30.3 Å². The summed E-state index contributed by atoms with van der Waals surface area (Å²) in [7, 11) is 0. The number of nitrogens with two attached hydrogens (primary N) is 1. The lowest BCUT2D eigenvalue weighted by atomic mass is 10.3. The minimum Gasteiger partial charge on any atom is -0.365 e. The molecular weight excluding hydrogens is 350 g/mol. The van der Waals surface area contributed by atoms with Gasteiger partial charge in [0.1, 0.15) is 11.4 Å². The monoisotopic (exact) mass is 363 g/mol. The molecule has 0 unspecified atom stereocenters. The molecule has 7 nitrogen and oxygen atoms in total. The lowest BCUT2D eigenvalue weighted by Crippen LogP contribution is -2.19. The number of primary amides is 1. The van der Waals surface area contributed by atoms with Gasteiger partial charge in [0.05, 0.1) is 22.1 Å². The van der Waals surface area contributed by atoms with E-state index >= 15 is 0 Å². The molecule has 8 heteroatoms. The van der Waals surface area contributed by atoms with Gasteiger partial charge in [-0.15, -0.1) is 11.3 Å².